The zero-order chi connectivity index (χ0) is 15.1. The van der Waals surface area contributed by atoms with Crippen molar-refractivity contribution < 1.29 is 4.42 Å². The summed E-state index contributed by atoms with van der Waals surface area (Å²) in [5.74, 6) is 2.15. The number of fused-ring (bicyclic) bond motifs is 1. The van der Waals surface area contributed by atoms with Crippen molar-refractivity contribution in [2.75, 3.05) is 0 Å². The van der Waals surface area contributed by atoms with Crippen molar-refractivity contribution in [1.82, 2.24) is 19.5 Å². The van der Waals surface area contributed by atoms with Crippen LogP contribution in [-0.4, -0.2) is 19.5 Å². The summed E-state index contributed by atoms with van der Waals surface area (Å²) in [4.78, 5) is 13.4. The Kier molecular flexibility index (Phi) is 3.75. The summed E-state index contributed by atoms with van der Waals surface area (Å²) in [7, 11) is 0. The smallest absolute Gasteiger partial charge is 0.217 e. The van der Waals surface area contributed by atoms with Gasteiger partial charge in [0.25, 0.3) is 0 Å². The van der Waals surface area contributed by atoms with E-state index < -0.39 is 0 Å². The van der Waals surface area contributed by atoms with Crippen molar-refractivity contribution in [3.63, 3.8) is 0 Å². The molecule has 0 N–H and O–H groups in total. The molecule has 0 aromatic carbocycles. The highest BCUT2D eigenvalue weighted by atomic mass is 79.9. The molecule has 7 heteroatoms. The van der Waals surface area contributed by atoms with Gasteiger partial charge in [0.1, 0.15) is 23.1 Å². The Morgan fingerprint density at radius 2 is 2.05 bits per heavy atom. The van der Waals surface area contributed by atoms with E-state index in [1.807, 2.05) is 31.4 Å². The number of hydrogen-bond donors (Lipinski definition) is 0. The molecule has 0 aliphatic heterocycles. The number of hydrogen-bond acceptors (Lipinski definition) is 4. The van der Waals surface area contributed by atoms with E-state index in [2.05, 4.69) is 30.9 Å². The molecule has 3 rings (SSSR count). The molecule has 0 fully saturated rings. The Labute approximate surface area is 135 Å². The summed E-state index contributed by atoms with van der Waals surface area (Å²) in [6, 6.07) is 1.79. The fourth-order valence-electron chi connectivity index (χ4n) is 2.31. The molecule has 0 saturated carbocycles. The van der Waals surface area contributed by atoms with Crippen molar-refractivity contribution in [2.45, 2.75) is 32.2 Å². The van der Waals surface area contributed by atoms with Gasteiger partial charge in [-0.05, 0) is 42.8 Å². The average Bonchev–Trinajstić information content (AvgIpc) is 3.01. The molecule has 0 saturated heterocycles. The minimum absolute atomic E-state index is 0.131. The molecule has 3 aromatic heterocycles. The molecule has 0 aliphatic rings. The molecule has 5 nitrogen and oxygen atoms in total. The standard InChI is InChI=1S/C14H14BrClN4O/c1-7-5-18-14(21-7)9(3)20-12(8(2)16)19-11-4-10(15)6-17-13(11)20/h4-6,8-9H,1-3H3. The second-order valence-corrected chi connectivity index (χ2v) is 6.51. The lowest BCUT2D eigenvalue weighted by atomic mass is 10.3. The largest absolute Gasteiger partial charge is 0.444 e. The number of oxazole rings is 1. The molecule has 3 heterocycles. The van der Waals surface area contributed by atoms with Crippen molar-refractivity contribution in [3.05, 3.63) is 40.4 Å². The van der Waals surface area contributed by atoms with Gasteiger partial charge in [0.05, 0.1) is 11.6 Å². The number of nitrogens with zero attached hydrogens (tertiary/aromatic N) is 4. The number of imidazole rings is 1. The first-order valence-corrected chi connectivity index (χ1v) is 7.80. The van der Waals surface area contributed by atoms with Crippen LogP contribution in [0.2, 0.25) is 0 Å². The van der Waals surface area contributed by atoms with Gasteiger partial charge >= 0.3 is 0 Å². The molecule has 3 aromatic rings. The summed E-state index contributed by atoms with van der Waals surface area (Å²) in [6.45, 7) is 5.76. The Bertz CT molecular complexity index is 795. The van der Waals surface area contributed by atoms with Crippen LogP contribution in [0.3, 0.4) is 0 Å². The monoisotopic (exact) mass is 368 g/mol. The molecule has 110 valence electrons. The maximum atomic E-state index is 6.28. The number of alkyl halides is 1. The lowest BCUT2D eigenvalue weighted by Gasteiger charge is -2.15. The molecule has 2 atom stereocenters. The van der Waals surface area contributed by atoms with E-state index >= 15 is 0 Å². The maximum Gasteiger partial charge on any atom is 0.217 e. The second-order valence-electron chi connectivity index (χ2n) is 4.94. The molecule has 0 radical (unpaired) electrons. The van der Waals surface area contributed by atoms with E-state index in [0.29, 0.717) is 5.89 Å². The van der Waals surface area contributed by atoms with Crippen molar-refractivity contribution in [1.29, 1.82) is 0 Å². The van der Waals surface area contributed by atoms with Gasteiger partial charge in [-0.1, -0.05) is 0 Å². The van der Waals surface area contributed by atoms with Gasteiger partial charge in [0.2, 0.25) is 5.89 Å². The van der Waals surface area contributed by atoms with Crippen LogP contribution in [0.25, 0.3) is 11.2 Å². The zero-order valence-corrected chi connectivity index (χ0v) is 14.2. The number of rotatable bonds is 3. The topological polar surface area (TPSA) is 56.7 Å². The zero-order valence-electron chi connectivity index (χ0n) is 11.8. The predicted octanol–water partition coefficient (Wildman–Crippen LogP) is 4.40. The molecular weight excluding hydrogens is 356 g/mol. The first-order valence-electron chi connectivity index (χ1n) is 6.57. The van der Waals surface area contributed by atoms with Crippen LogP contribution in [0.15, 0.2) is 27.3 Å². The van der Waals surface area contributed by atoms with Crippen LogP contribution in [0.5, 0.6) is 0 Å². The van der Waals surface area contributed by atoms with Crippen molar-refractivity contribution in [3.8, 4) is 0 Å². The second kappa shape index (κ2) is 5.42. The summed E-state index contributed by atoms with van der Waals surface area (Å²) in [6.07, 6.45) is 3.45. The first-order chi connectivity index (χ1) is 9.97. The van der Waals surface area contributed by atoms with E-state index in [9.17, 15) is 0 Å². The molecule has 0 amide bonds. The van der Waals surface area contributed by atoms with Gasteiger partial charge in [-0.2, -0.15) is 0 Å². The number of aromatic nitrogens is 4. The van der Waals surface area contributed by atoms with E-state index in [0.717, 1.165) is 27.2 Å². The molecule has 0 aliphatic carbocycles. The number of aryl methyl sites for hydroxylation is 1. The van der Waals surface area contributed by atoms with E-state index in [1.165, 1.54) is 0 Å². The lowest BCUT2D eigenvalue weighted by molar-refractivity contribution is 0.413. The third-order valence-corrected chi connectivity index (χ3v) is 3.89. The third kappa shape index (κ3) is 2.58. The lowest BCUT2D eigenvalue weighted by Crippen LogP contribution is -2.12. The first kappa shape index (κ1) is 14.5. The van der Waals surface area contributed by atoms with Gasteiger partial charge in [0.15, 0.2) is 5.65 Å². The van der Waals surface area contributed by atoms with E-state index in [4.69, 9.17) is 16.0 Å². The molecule has 0 bridgehead atoms. The predicted molar refractivity (Wildman–Crippen MR) is 84.5 cm³/mol. The highest BCUT2D eigenvalue weighted by Crippen LogP contribution is 2.30. The quantitative estimate of drug-likeness (QED) is 0.642. The van der Waals surface area contributed by atoms with Gasteiger partial charge in [-0.3, -0.25) is 4.57 Å². The summed E-state index contributed by atoms with van der Waals surface area (Å²) < 4.78 is 8.50. The van der Waals surface area contributed by atoms with Crippen LogP contribution in [-0.2, 0) is 0 Å². The van der Waals surface area contributed by atoms with E-state index in [-0.39, 0.29) is 11.4 Å². The Balaban J connectivity index is 2.21. The van der Waals surface area contributed by atoms with Crippen LogP contribution in [0.1, 0.15) is 42.7 Å². The molecule has 0 spiro atoms. The maximum absolute atomic E-state index is 6.28. The van der Waals surface area contributed by atoms with Gasteiger partial charge in [-0.25, -0.2) is 15.0 Å². The van der Waals surface area contributed by atoms with E-state index in [1.54, 1.807) is 12.4 Å². The Morgan fingerprint density at radius 1 is 1.29 bits per heavy atom. The normalized spacial score (nSPS) is 14.5. The highest BCUT2D eigenvalue weighted by molar-refractivity contribution is 9.10. The highest BCUT2D eigenvalue weighted by Gasteiger charge is 2.23. The van der Waals surface area contributed by atoms with Crippen LogP contribution >= 0.6 is 27.5 Å². The average molecular weight is 370 g/mol. The molecular formula is C14H14BrClN4O. The van der Waals surface area contributed by atoms with Crippen molar-refractivity contribution in [2.24, 2.45) is 0 Å². The fourth-order valence-corrected chi connectivity index (χ4v) is 2.79. The van der Waals surface area contributed by atoms with Crippen LogP contribution in [0.4, 0.5) is 0 Å². The number of pyridine rings is 1. The Morgan fingerprint density at radius 3 is 2.67 bits per heavy atom. The molecule has 2 unspecified atom stereocenters. The van der Waals surface area contributed by atoms with Gasteiger partial charge in [-0.15, -0.1) is 11.6 Å². The SMILES string of the molecule is Cc1cnc(C(C)n2c(C(C)Cl)nc3cc(Br)cnc32)o1. The fraction of sp³-hybridized carbons (Fsp3) is 0.357. The minimum atomic E-state index is -0.239. The van der Waals surface area contributed by atoms with Crippen molar-refractivity contribution >= 4 is 38.7 Å². The summed E-state index contributed by atoms with van der Waals surface area (Å²) in [5.41, 5.74) is 1.56. The Hall–Kier alpha value is -1.40. The molecule has 21 heavy (non-hydrogen) atoms. The van der Waals surface area contributed by atoms with Crippen LogP contribution < -0.4 is 0 Å². The third-order valence-electron chi connectivity index (χ3n) is 3.26. The van der Waals surface area contributed by atoms with Gasteiger partial charge < -0.3 is 4.42 Å². The van der Waals surface area contributed by atoms with Crippen LogP contribution in [0, 0.1) is 6.92 Å². The summed E-state index contributed by atoms with van der Waals surface area (Å²) >= 11 is 9.70. The number of halogens is 2. The van der Waals surface area contributed by atoms with Gasteiger partial charge in [0, 0.05) is 10.7 Å². The summed E-state index contributed by atoms with van der Waals surface area (Å²) in [5, 5.41) is -0.239. The minimum Gasteiger partial charge on any atom is -0.444 e.